The molecule has 0 aliphatic heterocycles. The van der Waals surface area contributed by atoms with Crippen LogP contribution in [0, 0.1) is 0 Å². The van der Waals surface area contributed by atoms with Crippen LogP contribution in [0.3, 0.4) is 0 Å². The van der Waals surface area contributed by atoms with E-state index in [4.69, 9.17) is 14.6 Å². The maximum absolute atomic E-state index is 11.0. The first-order chi connectivity index (χ1) is 12.6. The molecule has 26 heavy (non-hydrogen) atoms. The number of methoxy groups -OCH3 is 1. The monoisotopic (exact) mass is 352 g/mol. The quantitative estimate of drug-likeness (QED) is 0.727. The summed E-state index contributed by atoms with van der Waals surface area (Å²) in [4.78, 5) is 11.0. The van der Waals surface area contributed by atoms with Crippen molar-refractivity contribution in [3.05, 3.63) is 59.7 Å². The summed E-state index contributed by atoms with van der Waals surface area (Å²) >= 11 is 0. The summed E-state index contributed by atoms with van der Waals surface area (Å²) in [5.74, 6) is -0.00831. The van der Waals surface area contributed by atoms with Crippen LogP contribution >= 0.6 is 0 Å². The van der Waals surface area contributed by atoms with Crippen LogP contribution in [0.2, 0.25) is 0 Å². The second-order valence-corrected chi connectivity index (χ2v) is 5.24. The first-order valence-corrected chi connectivity index (χ1v) is 7.73. The van der Waals surface area contributed by atoms with Crippen molar-refractivity contribution in [2.24, 2.45) is 0 Å². The van der Waals surface area contributed by atoms with Gasteiger partial charge in [0, 0.05) is 0 Å². The molecule has 1 heterocycles. The van der Waals surface area contributed by atoms with Crippen LogP contribution < -0.4 is 9.47 Å². The molecule has 0 atom stereocenters. The third kappa shape index (κ3) is 3.54. The number of allylic oxidation sites excluding steroid dienone is 1. The molecule has 132 valence electrons. The molecule has 0 amide bonds. The maximum atomic E-state index is 11.0. The van der Waals surface area contributed by atoms with Crippen molar-refractivity contribution in [3.63, 3.8) is 0 Å². The fraction of sp³-hybridized carbons (Fsp3) is 0.111. The molecule has 0 unspecified atom stereocenters. The van der Waals surface area contributed by atoms with Crippen LogP contribution in [0.25, 0.3) is 11.8 Å². The van der Waals surface area contributed by atoms with Gasteiger partial charge in [-0.15, -0.1) is 0 Å². The number of rotatable bonds is 6. The van der Waals surface area contributed by atoms with Gasteiger partial charge in [-0.1, -0.05) is 23.3 Å². The molecule has 0 saturated carbocycles. The number of aromatic carboxylic acids is 1. The third-order valence-corrected chi connectivity index (χ3v) is 3.55. The van der Waals surface area contributed by atoms with Crippen molar-refractivity contribution in [2.45, 2.75) is 6.92 Å². The van der Waals surface area contributed by atoms with Crippen molar-refractivity contribution in [3.8, 4) is 23.2 Å². The van der Waals surface area contributed by atoms with Gasteiger partial charge in [-0.25, -0.2) is 4.79 Å². The standard InChI is InChI=1S/C18H16N4O4/c1-3-4-12-5-10-15(16(11-12)25-2)26-18-19-20-21-22(18)14-8-6-13(7-9-14)17(23)24/h3-11H,1-2H3,(H,23,24)/b4-3+. The van der Waals surface area contributed by atoms with Crippen molar-refractivity contribution in [1.29, 1.82) is 0 Å². The van der Waals surface area contributed by atoms with Gasteiger partial charge in [0.2, 0.25) is 0 Å². The van der Waals surface area contributed by atoms with E-state index in [-0.39, 0.29) is 11.6 Å². The molecule has 8 heteroatoms. The Morgan fingerprint density at radius 1 is 1.15 bits per heavy atom. The normalized spacial score (nSPS) is 10.8. The molecule has 1 aromatic heterocycles. The number of benzene rings is 2. The zero-order valence-electron chi connectivity index (χ0n) is 14.2. The summed E-state index contributed by atoms with van der Waals surface area (Å²) in [5, 5.41) is 20.4. The van der Waals surface area contributed by atoms with E-state index in [1.807, 2.05) is 31.2 Å². The van der Waals surface area contributed by atoms with Crippen LogP contribution in [0.4, 0.5) is 0 Å². The van der Waals surface area contributed by atoms with Crippen molar-refractivity contribution in [2.75, 3.05) is 7.11 Å². The first-order valence-electron chi connectivity index (χ1n) is 7.73. The number of carboxylic acid groups (broad SMARTS) is 1. The number of tetrazole rings is 1. The molecular formula is C18H16N4O4. The number of nitrogens with zero attached hydrogens (tertiary/aromatic N) is 4. The van der Waals surface area contributed by atoms with Crippen LogP contribution in [0.5, 0.6) is 17.5 Å². The van der Waals surface area contributed by atoms with Crippen LogP contribution in [-0.4, -0.2) is 38.4 Å². The Bertz CT molecular complexity index is 948. The minimum Gasteiger partial charge on any atom is -0.493 e. The van der Waals surface area contributed by atoms with Gasteiger partial charge in [0.1, 0.15) is 0 Å². The minimum atomic E-state index is -1.00. The molecule has 1 N–H and O–H groups in total. The largest absolute Gasteiger partial charge is 0.493 e. The Balaban J connectivity index is 1.91. The second-order valence-electron chi connectivity index (χ2n) is 5.24. The number of ether oxygens (including phenoxy) is 2. The van der Waals surface area contributed by atoms with Crippen molar-refractivity contribution < 1.29 is 19.4 Å². The lowest BCUT2D eigenvalue weighted by atomic mass is 10.2. The van der Waals surface area contributed by atoms with Crippen molar-refractivity contribution in [1.82, 2.24) is 20.2 Å². The molecule has 2 aromatic carbocycles. The minimum absolute atomic E-state index is 0.130. The molecular weight excluding hydrogens is 336 g/mol. The van der Waals surface area contributed by atoms with Gasteiger partial charge in [0.15, 0.2) is 11.5 Å². The van der Waals surface area contributed by atoms with Crippen LogP contribution in [0.15, 0.2) is 48.5 Å². The highest BCUT2D eigenvalue weighted by Crippen LogP contribution is 2.32. The third-order valence-electron chi connectivity index (χ3n) is 3.55. The number of hydrogen-bond acceptors (Lipinski definition) is 6. The van der Waals surface area contributed by atoms with Gasteiger partial charge in [0.25, 0.3) is 0 Å². The summed E-state index contributed by atoms with van der Waals surface area (Å²) < 4.78 is 12.5. The van der Waals surface area contributed by atoms with Crippen LogP contribution in [-0.2, 0) is 0 Å². The smallest absolute Gasteiger partial charge is 0.346 e. The average molecular weight is 352 g/mol. The van der Waals surface area contributed by atoms with Crippen molar-refractivity contribution >= 4 is 12.0 Å². The van der Waals surface area contributed by atoms with E-state index >= 15 is 0 Å². The molecule has 0 spiro atoms. The molecule has 0 saturated heterocycles. The van der Waals surface area contributed by atoms with Gasteiger partial charge in [-0.3, -0.25) is 0 Å². The van der Waals surface area contributed by atoms with E-state index in [2.05, 4.69) is 15.5 Å². The zero-order valence-corrected chi connectivity index (χ0v) is 14.2. The van der Waals surface area contributed by atoms with E-state index in [1.165, 1.54) is 16.8 Å². The summed E-state index contributed by atoms with van der Waals surface area (Å²) in [5.41, 5.74) is 1.71. The molecule has 0 radical (unpaired) electrons. The Kier molecular flexibility index (Phi) is 4.93. The predicted molar refractivity (Wildman–Crippen MR) is 93.9 cm³/mol. The Hall–Kier alpha value is -3.68. The van der Waals surface area contributed by atoms with E-state index in [0.717, 1.165) is 5.56 Å². The summed E-state index contributed by atoms with van der Waals surface area (Å²) in [6, 6.07) is 11.7. The summed E-state index contributed by atoms with van der Waals surface area (Å²) in [6.45, 7) is 1.93. The molecule has 0 aliphatic carbocycles. The fourth-order valence-electron chi connectivity index (χ4n) is 2.31. The highest BCUT2D eigenvalue weighted by Gasteiger charge is 2.14. The Morgan fingerprint density at radius 2 is 1.92 bits per heavy atom. The SMILES string of the molecule is C/C=C/c1ccc(Oc2nnnn2-c2ccc(C(=O)O)cc2)c(OC)c1. The van der Waals surface area contributed by atoms with Gasteiger partial charge in [-0.05, 0) is 59.3 Å². The average Bonchev–Trinajstić information content (AvgIpc) is 3.11. The number of hydrogen-bond donors (Lipinski definition) is 1. The van der Waals surface area contributed by atoms with Gasteiger partial charge in [-0.2, -0.15) is 4.68 Å². The van der Waals surface area contributed by atoms with Gasteiger partial charge < -0.3 is 14.6 Å². The van der Waals surface area contributed by atoms with Gasteiger partial charge in [0.05, 0.1) is 18.4 Å². The molecule has 0 fully saturated rings. The van der Waals surface area contributed by atoms with E-state index in [0.29, 0.717) is 17.2 Å². The summed E-state index contributed by atoms with van der Waals surface area (Å²) in [7, 11) is 1.55. The number of carboxylic acids is 1. The molecule has 0 aliphatic rings. The number of carbonyl (C=O) groups is 1. The number of aromatic nitrogens is 4. The highest BCUT2D eigenvalue weighted by atomic mass is 16.5. The van der Waals surface area contributed by atoms with Crippen LogP contribution in [0.1, 0.15) is 22.8 Å². The summed E-state index contributed by atoms with van der Waals surface area (Å²) in [6.07, 6.45) is 3.87. The highest BCUT2D eigenvalue weighted by molar-refractivity contribution is 5.87. The lowest BCUT2D eigenvalue weighted by Crippen LogP contribution is -2.02. The zero-order chi connectivity index (χ0) is 18.5. The molecule has 0 bridgehead atoms. The van der Waals surface area contributed by atoms with Gasteiger partial charge >= 0.3 is 12.0 Å². The molecule has 3 rings (SSSR count). The first kappa shape index (κ1) is 17.2. The fourth-order valence-corrected chi connectivity index (χ4v) is 2.31. The predicted octanol–water partition coefficient (Wildman–Crippen LogP) is 3.19. The topological polar surface area (TPSA) is 99.4 Å². The van der Waals surface area contributed by atoms with E-state index in [1.54, 1.807) is 25.3 Å². The Labute approximate surface area is 149 Å². The lowest BCUT2D eigenvalue weighted by Gasteiger charge is -2.10. The maximum Gasteiger partial charge on any atom is 0.346 e. The Morgan fingerprint density at radius 3 is 2.58 bits per heavy atom. The molecule has 3 aromatic rings. The second kappa shape index (κ2) is 7.47. The van der Waals surface area contributed by atoms with E-state index < -0.39 is 5.97 Å². The molecule has 8 nitrogen and oxygen atoms in total. The lowest BCUT2D eigenvalue weighted by molar-refractivity contribution is 0.0697. The van der Waals surface area contributed by atoms with E-state index in [9.17, 15) is 4.79 Å².